The van der Waals surface area contributed by atoms with Crippen LogP contribution in [-0.2, 0) is 6.54 Å². The SMILES string of the molecule is C=CCNCc1nc(-c2ccc3ncccc3c2)no1. The van der Waals surface area contributed by atoms with Gasteiger partial charge in [0.25, 0.3) is 0 Å². The quantitative estimate of drug-likeness (QED) is 0.568. The van der Waals surface area contributed by atoms with Crippen molar-refractivity contribution < 1.29 is 4.52 Å². The summed E-state index contributed by atoms with van der Waals surface area (Å²) >= 11 is 0. The molecule has 5 nitrogen and oxygen atoms in total. The lowest BCUT2D eigenvalue weighted by atomic mass is 10.1. The Hall–Kier alpha value is -2.53. The summed E-state index contributed by atoms with van der Waals surface area (Å²) in [7, 11) is 0. The van der Waals surface area contributed by atoms with Crippen molar-refractivity contribution in [1.29, 1.82) is 0 Å². The van der Waals surface area contributed by atoms with Crippen molar-refractivity contribution in [2.75, 3.05) is 6.54 Å². The summed E-state index contributed by atoms with van der Waals surface area (Å²) in [6.45, 7) is 4.88. The highest BCUT2D eigenvalue weighted by atomic mass is 16.5. The van der Waals surface area contributed by atoms with Crippen molar-refractivity contribution in [1.82, 2.24) is 20.4 Å². The van der Waals surface area contributed by atoms with Gasteiger partial charge in [0.15, 0.2) is 0 Å². The molecular formula is C15H14N4O. The summed E-state index contributed by atoms with van der Waals surface area (Å²) in [5, 5.41) is 8.18. The van der Waals surface area contributed by atoms with Gasteiger partial charge >= 0.3 is 0 Å². The van der Waals surface area contributed by atoms with E-state index in [9.17, 15) is 0 Å². The fourth-order valence-corrected chi connectivity index (χ4v) is 1.94. The van der Waals surface area contributed by atoms with Crippen LogP contribution in [0.25, 0.3) is 22.3 Å². The van der Waals surface area contributed by atoms with Gasteiger partial charge in [0.1, 0.15) is 0 Å². The molecule has 1 aromatic carbocycles. The van der Waals surface area contributed by atoms with Crippen LogP contribution in [-0.4, -0.2) is 21.7 Å². The molecule has 0 aliphatic heterocycles. The van der Waals surface area contributed by atoms with E-state index < -0.39 is 0 Å². The molecule has 0 fully saturated rings. The van der Waals surface area contributed by atoms with Crippen molar-refractivity contribution in [3.8, 4) is 11.4 Å². The molecule has 0 amide bonds. The second-order valence-corrected chi connectivity index (χ2v) is 4.34. The van der Waals surface area contributed by atoms with E-state index in [1.54, 1.807) is 12.3 Å². The van der Waals surface area contributed by atoms with Crippen LogP contribution in [0.4, 0.5) is 0 Å². The van der Waals surface area contributed by atoms with Gasteiger partial charge in [0.05, 0.1) is 12.1 Å². The number of rotatable bonds is 5. The molecule has 0 spiro atoms. The number of pyridine rings is 1. The van der Waals surface area contributed by atoms with E-state index in [4.69, 9.17) is 4.52 Å². The fraction of sp³-hybridized carbons (Fsp3) is 0.133. The van der Waals surface area contributed by atoms with Crippen LogP contribution in [0.1, 0.15) is 5.89 Å². The summed E-state index contributed by atoms with van der Waals surface area (Å²) < 4.78 is 5.20. The van der Waals surface area contributed by atoms with Crippen LogP contribution >= 0.6 is 0 Å². The van der Waals surface area contributed by atoms with E-state index in [0.717, 1.165) is 16.5 Å². The molecule has 2 aromatic heterocycles. The Morgan fingerprint density at radius 2 is 2.25 bits per heavy atom. The van der Waals surface area contributed by atoms with Gasteiger partial charge in [0, 0.05) is 23.7 Å². The van der Waals surface area contributed by atoms with Crippen molar-refractivity contribution in [2.45, 2.75) is 6.54 Å². The molecule has 2 heterocycles. The van der Waals surface area contributed by atoms with Crippen LogP contribution in [0.3, 0.4) is 0 Å². The Kier molecular flexibility index (Phi) is 3.52. The zero-order chi connectivity index (χ0) is 13.8. The summed E-state index contributed by atoms with van der Waals surface area (Å²) in [5.74, 6) is 1.15. The largest absolute Gasteiger partial charge is 0.338 e. The first-order chi connectivity index (χ1) is 9.86. The zero-order valence-corrected chi connectivity index (χ0v) is 10.9. The van der Waals surface area contributed by atoms with Gasteiger partial charge in [-0.3, -0.25) is 4.98 Å². The molecule has 0 unspecified atom stereocenters. The highest BCUT2D eigenvalue weighted by Crippen LogP contribution is 2.21. The molecule has 0 atom stereocenters. The predicted octanol–water partition coefficient (Wildman–Crippen LogP) is 2.56. The molecule has 0 bridgehead atoms. The van der Waals surface area contributed by atoms with E-state index in [1.807, 2.05) is 30.3 Å². The first-order valence-electron chi connectivity index (χ1n) is 6.36. The number of benzene rings is 1. The van der Waals surface area contributed by atoms with Crippen LogP contribution < -0.4 is 5.32 Å². The predicted molar refractivity (Wildman–Crippen MR) is 76.9 cm³/mol. The van der Waals surface area contributed by atoms with Crippen LogP contribution in [0, 0.1) is 0 Å². The molecule has 5 heteroatoms. The molecule has 20 heavy (non-hydrogen) atoms. The lowest BCUT2D eigenvalue weighted by Gasteiger charge is -1.98. The Labute approximate surface area is 116 Å². The number of nitrogens with zero attached hydrogens (tertiary/aromatic N) is 3. The molecule has 0 saturated carbocycles. The van der Waals surface area contributed by atoms with Gasteiger partial charge < -0.3 is 9.84 Å². The minimum Gasteiger partial charge on any atom is -0.338 e. The normalized spacial score (nSPS) is 10.8. The van der Waals surface area contributed by atoms with Crippen LogP contribution in [0.2, 0.25) is 0 Å². The van der Waals surface area contributed by atoms with Gasteiger partial charge in [-0.1, -0.05) is 17.3 Å². The number of hydrogen-bond acceptors (Lipinski definition) is 5. The third-order valence-corrected chi connectivity index (χ3v) is 2.89. The van der Waals surface area contributed by atoms with Crippen molar-refractivity contribution in [2.24, 2.45) is 0 Å². The standard InChI is InChI=1S/C15H14N4O/c1-2-7-16-10-14-18-15(19-20-14)12-5-6-13-11(9-12)4-3-8-17-13/h2-6,8-9,16H,1,7,10H2. The molecular weight excluding hydrogens is 252 g/mol. The maximum atomic E-state index is 5.20. The third kappa shape index (κ3) is 2.57. The molecule has 1 N–H and O–H groups in total. The molecule has 0 aliphatic rings. The van der Waals surface area contributed by atoms with E-state index in [-0.39, 0.29) is 0 Å². The number of fused-ring (bicyclic) bond motifs is 1. The minimum atomic E-state index is 0.536. The van der Waals surface area contributed by atoms with Gasteiger partial charge in [-0.15, -0.1) is 6.58 Å². The molecule has 0 aliphatic carbocycles. The fourth-order valence-electron chi connectivity index (χ4n) is 1.94. The maximum absolute atomic E-state index is 5.20. The van der Waals surface area contributed by atoms with Crippen molar-refractivity contribution in [3.63, 3.8) is 0 Å². The third-order valence-electron chi connectivity index (χ3n) is 2.89. The van der Waals surface area contributed by atoms with Crippen LogP contribution in [0.15, 0.2) is 53.7 Å². The monoisotopic (exact) mass is 266 g/mol. The van der Waals surface area contributed by atoms with E-state index >= 15 is 0 Å². The Morgan fingerprint density at radius 1 is 1.30 bits per heavy atom. The minimum absolute atomic E-state index is 0.536. The second kappa shape index (κ2) is 5.63. The average molecular weight is 266 g/mol. The molecule has 3 aromatic rings. The Balaban J connectivity index is 1.85. The summed E-state index contributed by atoms with van der Waals surface area (Å²) in [5.41, 5.74) is 1.87. The van der Waals surface area contributed by atoms with Gasteiger partial charge in [0.2, 0.25) is 11.7 Å². The van der Waals surface area contributed by atoms with E-state index in [1.165, 1.54) is 0 Å². The lowest BCUT2D eigenvalue weighted by molar-refractivity contribution is 0.370. The molecule has 0 radical (unpaired) electrons. The average Bonchev–Trinajstić information content (AvgIpc) is 2.96. The number of hydrogen-bond donors (Lipinski definition) is 1. The number of aromatic nitrogens is 3. The summed E-state index contributed by atoms with van der Waals surface area (Å²) in [6, 6.07) is 9.83. The molecule has 3 rings (SSSR count). The van der Waals surface area contributed by atoms with Gasteiger partial charge in [-0.05, 0) is 24.3 Å². The van der Waals surface area contributed by atoms with Crippen molar-refractivity contribution in [3.05, 3.63) is 55.1 Å². The summed E-state index contributed by atoms with van der Waals surface area (Å²) in [4.78, 5) is 8.65. The smallest absolute Gasteiger partial charge is 0.240 e. The lowest BCUT2D eigenvalue weighted by Crippen LogP contribution is -2.12. The zero-order valence-electron chi connectivity index (χ0n) is 10.9. The highest BCUT2D eigenvalue weighted by Gasteiger charge is 2.08. The van der Waals surface area contributed by atoms with Crippen molar-refractivity contribution >= 4 is 10.9 Å². The number of nitrogens with one attached hydrogen (secondary N) is 1. The Bertz CT molecular complexity index is 735. The molecule has 0 saturated heterocycles. The second-order valence-electron chi connectivity index (χ2n) is 4.34. The van der Waals surface area contributed by atoms with Crippen LogP contribution in [0.5, 0.6) is 0 Å². The summed E-state index contributed by atoms with van der Waals surface area (Å²) in [6.07, 6.45) is 3.56. The maximum Gasteiger partial charge on any atom is 0.240 e. The van der Waals surface area contributed by atoms with Gasteiger partial charge in [-0.25, -0.2) is 0 Å². The topological polar surface area (TPSA) is 63.8 Å². The highest BCUT2D eigenvalue weighted by molar-refractivity contribution is 5.82. The molecule has 100 valence electrons. The first kappa shape index (κ1) is 12.5. The van der Waals surface area contributed by atoms with Gasteiger partial charge in [-0.2, -0.15) is 4.98 Å². The van der Waals surface area contributed by atoms with E-state index in [0.29, 0.717) is 24.8 Å². The Morgan fingerprint density at radius 3 is 3.15 bits per heavy atom. The van der Waals surface area contributed by atoms with E-state index in [2.05, 4.69) is 27.0 Å². The first-order valence-corrected chi connectivity index (χ1v) is 6.36.